The molecule has 0 bridgehead atoms. The van der Waals surface area contributed by atoms with Crippen LogP contribution in [0, 0.1) is 6.92 Å². The molecule has 0 fully saturated rings. The average molecular weight is 352 g/mol. The highest BCUT2D eigenvalue weighted by Gasteiger charge is 2.10. The maximum Gasteiger partial charge on any atom is 0.123 e. The molecule has 1 aromatic heterocycles. The second kappa shape index (κ2) is 7.38. The molecule has 5 heteroatoms. The van der Waals surface area contributed by atoms with E-state index >= 15 is 0 Å². The van der Waals surface area contributed by atoms with E-state index in [1.165, 1.54) is 16.7 Å². The van der Waals surface area contributed by atoms with E-state index in [1.54, 1.807) is 0 Å². The Morgan fingerprint density at radius 1 is 1.20 bits per heavy atom. The lowest BCUT2D eigenvalue weighted by atomic mass is 10.0. The molecule has 3 aromatic rings. The van der Waals surface area contributed by atoms with E-state index in [1.807, 2.05) is 0 Å². The Kier molecular flexibility index (Phi) is 5.22. The zero-order chi connectivity index (χ0) is 18.0. The summed E-state index contributed by atoms with van der Waals surface area (Å²) in [7, 11) is 1.50. The topological polar surface area (TPSA) is 55.9 Å². The number of rotatable bonds is 6. The van der Waals surface area contributed by atoms with Crippen LogP contribution in [0.3, 0.4) is 0 Å². The molecule has 2 aromatic carbocycles. The van der Waals surface area contributed by atoms with Crippen molar-refractivity contribution in [3.05, 3.63) is 77.0 Å². The van der Waals surface area contributed by atoms with Crippen molar-refractivity contribution in [1.29, 1.82) is 0 Å². The molecule has 4 nitrogen and oxygen atoms in total. The molecule has 25 heavy (non-hydrogen) atoms. The minimum absolute atomic E-state index is 0.567. The number of benzene rings is 2. The minimum Gasteiger partial charge on any atom is -0.398 e. The Balaban J connectivity index is 1.81. The van der Waals surface area contributed by atoms with Crippen LogP contribution in [-0.4, -0.2) is 16.2 Å². The third kappa shape index (κ3) is 4.09. The summed E-state index contributed by atoms with van der Waals surface area (Å²) in [5.74, 6) is 1.01. The molecule has 3 N–H and O–H groups in total. The third-order valence-corrected chi connectivity index (χ3v) is 5.97. The molecular weight excluding hydrogens is 327 g/mol. The van der Waals surface area contributed by atoms with E-state index in [-0.39, 0.29) is 0 Å². The van der Waals surface area contributed by atoms with Gasteiger partial charge in [-0.1, -0.05) is 42.5 Å². The Bertz CT molecular complexity index is 896. The van der Waals surface area contributed by atoms with Crippen LogP contribution in [-0.2, 0) is 20.0 Å². The fourth-order valence-corrected chi connectivity index (χ4v) is 3.37. The van der Waals surface area contributed by atoms with E-state index in [0.717, 1.165) is 23.3 Å². The summed E-state index contributed by atoms with van der Waals surface area (Å²) in [4.78, 5) is 4.74. The molecule has 0 saturated heterocycles. The summed E-state index contributed by atoms with van der Waals surface area (Å²) < 4.78 is 2.16. The molecule has 0 amide bonds. The SMILES string of the molecule is C=C(N)P(C)NCc1nc2ccc(Cc3ccc(C)cc3)cc2n1C. The van der Waals surface area contributed by atoms with Crippen molar-refractivity contribution < 1.29 is 0 Å². The molecule has 1 atom stereocenters. The first-order chi connectivity index (χ1) is 11.9. The van der Waals surface area contributed by atoms with E-state index in [2.05, 4.69) is 79.3 Å². The average Bonchev–Trinajstić information content (AvgIpc) is 2.90. The Morgan fingerprint density at radius 3 is 2.56 bits per heavy atom. The normalized spacial score (nSPS) is 12.4. The number of hydrogen-bond acceptors (Lipinski definition) is 3. The molecule has 0 saturated carbocycles. The first kappa shape index (κ1) is 17.7. The van der Waals surface area contributed by atoms with Gasteiger partial charge in [-0.15, -0.1) is 0 Å². The number of hydrogen-bond donors (Lipinski definition) is 2. The van der Waals surface area contributed by atoms with Crippen LogP contribution in [0.4, 0.5) is 0 Å². The van der Waals surface area contributed by atoms with E-state index in [0.29, 0.717) is 12.0 Å². The molecule has 0 spiro atoms. The first-order valence-electron chi connectivity index (χ1n) is 8.35. The van der Waals surface area contributed by atoms with Gasteiger partial charge in [0, 0.05) is 20.6 Å². The molecule has 0 aliphatic rings. The third-order valence-electron chi connectivity index (χ3n) is 4.47. The summed E-state index contributed by atoms with van der Waals surface area (Å²) in [6.45, 7) is 8.68. The molecule has 0 radical (unpaired) electrons. The summed E-state index contributed by atoms with van der Waals surface area (Å²) in [6.07, 6.45) is 0.933. The molecular formula is C20H25N4P. The fraction of sp³-hybridized carbons (Fsp3) is 0.250. The van der Waals surface area contributed by atoms with Gasteiger partial charge in [0.15, 0.2) is 0 Å². The summed E-state index contributed by atoms with van der Waals surface area (Å²) in [5, 5.41) is 3.42. The maximum atomic E-state index is 5.76. The van der Waals surface area contributed by atoms with Crippen LogP contribution in [0.2, 0.25) is 0 Å². The molecule has 3 rings (SSSR count). The smallest absolute Gasteiger partial charge is 0.123 e. The maximum absolute atomic E-state index is 5.76. The van der Waals surface area contributed by atoms with E-state index in [9.17, 15) is 0 Å². The lowest BCUT2D eigenvalue weighted by Gasteiger charge is -2.12. The Labute approximate surface area is 150 Å². The van der Waals surface area contributed by atoms with E-state index < -0.39 is 8.07 Å². The van der Waals surface area contributed by atoms with Crippen LogP contribution in [0.15, 0.2) is 54.5 Å². The van der Waals surface area contributed by atoms with Gasteiger partial charge in [-0.25, -0.2) is 4.98 Å². The zero-order valence-corrected chi connectivity index (χ0v) is 16.0. The minimum atomic E-state index is -0.567. The number of nitrogens with one attached hydrogen (secondary N) is 1. The summed E-state index contributed by atoms with van der Waals surface area (Å²) in [6, 6.07) is 15.2. The second-order valence-corrected chi connectivity index (χ2v) is 8.47. The van der Waals surface area contributed by atoms with Gasteiger partial charge in [0.2, 0.25) is 0 Å². The number of nitrogens with zero attached hydrogens (tertiary/aromatic N) is 2. The van der Waals surface area contributed by atoms with Gasteiger partial charge in [-0.2, -0.15) is 0 Å². The first-order valence-corrected chi connectivity index (χ1v) is 10.1. The van der Waals surface area contributed by atoms with Crippen LogP contribution in [0.1, 0.15) is 22.5 Å². The Morgan fingerprint density at radius 2 is 1.88 bits per heavy atom. The van der Waals surface area contributed by atoms with Crippen LogP contribution in [0.25, 0.3) is 11.0 Å². The molecule has 0 aliphatic heterocycles. The standard InChI is InChI=1S/C20H25N4P/c1-14-5-7-16(8-6-14)11-17-9-10-18-19(12-17)24(3)20(23-18)13-22-25(4)15(2)21/h5-10,12,22H,2,11,13,21H2,1,3-4H3. The van der Waals surface area contributed by atoms with Crippen molar-refractivity contribution in [2.45, 2.75) is 19.9 Å². The van der Waals surface area contributed by atoms with Gasteiger partial charge in [0.05, 0.1) is 17.6 Å². The lowest BCUT2D eigenvalue weighted by Crippen LogP contribution is -2.13. The predicted molar refractivity (Wildman–Crippen MR) is 108 cm³/mol. The summed E-state index contributed by atoms with van der Waals surface area (Å²) >= 11 is 0. The highest BCUT2D eigenvalue weighted by molar-refractivity contribution is 7.59. The number of aryl methyl sites for hydroxylation is 2. The van der Waals surface area contributed by atoms with Gasteiger partial charge >= 0.3 is 0 Å². The highest BCUT2D eigenvalue weighted by Crippen LogP contribution is 2.31. The monoisotopic (exact) mass is 352 g/mol. The van der Waals surface area contributed by atoms with Gasteiger partial charge in [-0.05, 0) is 43.3 Å². The van der Waals surface area contributed by atoms with Crippen molar-refractivity contribution in [1.82, 2.24) is 14.6 Å². The quantitative estimate of drug-likeness (QED) is 0.659. The largest absolute Gasteiger partial charge is 0.398 e. The molecule has 1 heterocycles. The van der Waals surface area contributed by atoms with Crippen molar-refractivity contribution >= 4 is 19.1 Å². The van der Waals surface area contributed by atoms with Gasteiger partial charge in [0.1, 0.15) is 5.82 Å². The number of imidazole rings is 1. The highest BCUT2D eigenvalue weighted by atomic mass is 31.1. The van der Waals surface area contributed by atoms with E-state index in [4.69, 9.17) is 10.7 Å². The Hall–Kier alpha value is -2.16. The predicted octanol–water partition coefficient (Wildman–Crippen LogP) is 4.02. The molecule has 1 unspecified atom stereocenters. The number of fused-ring (bicyclic) bond motifs is 1. The van der Waals surface area contributed by atoms with Crippen LogP contribution in [0.5, 0.6) is 0 Å². The van der Waals surface area contributed by atoms with Crippen LogP contribution < -0.4 is 10.8 Å². The van der Waals surface area contributed by atoms with Gasteiger partial charge in [0.25, 0.3) is 0 Å². The fourth-order valence-electron chi connectivity index (χ4n) is 2.79. The van der Waals surface area contributed by atoms with Crippen molar-refractivity contribution in [2.75, 3.05) is 6.66 Å². The summed E-state index contributed by atoms with van der Waals surface area (Å²) in [5.41, 5.74) is 12.6. The van der Waals surface area contributed by atoms with Crippen molar-refractivity contribution in [2.24, 2.45) is 12.8 Å². The number of aromatic nitrogens is 2. The van der Waals surface area contributed by atoms with Crippen LogP contribution >= 0.6 is 8.07 Å². The number of nitrogens with two attached hydrogens (primary N) is 1. The second-order valence-electron chi connectivity index (χ2n) is 6.46. The van der Waals surface area contributed by atoms with Crippen molar-refractivity contribution in [3.8, 4) is 0 Å². The van der Waals surface area contributed by atoms with Gasteiger partial charge in [-0.3, -0.25) is 5.09 Å². The zero-order valence-electron chi connectivity index (χ0n) is 15.1. The lowest BCUT2D eigenvalue weighted by molar-refractivity contribution is 0.781. The molecule has 130 valence electrons. The van der Waals surface area contributed by atoms with Crippen molar-refractivity contribution in [3.63, 3.8) is 0 Å². The molecule has 0 aliphatic carbocycles. The van der Waals surface area contributed by atoms with Gasteiger partial charge < -0.3 is 10.3 Å².